The number of methoxy groups -OCH3 is 1. The van der Waals surface area contributed by atoms with Gasteiger partial charge < -0.3 is 14.5 Å². The van der Waals surface area contributed by atoms with Crippen LogP contribution >= 0.6 is 11.6 Å². The van der Waals surface area contributed by atoms with Crippen molar-refractivity contribution in [3.8, 4) is 5.75 Å². The largest absolute Gasteiger partial charge is 0.497 e. The maximum absolute atomic E-state index is 13.8. The summed E-state index contributed by atoms with van der Waals surface area (Å²) < 4.78 is 33.2. The van der Waals surface area contributed by atoms with Crippen molar-refractivity contribution in [2.24, 2.45) is 0 Å². The first-order valence-corrected chi connectivity index (χ1v) is 14.5. The Morgan fingerprint density at radius 2 is 1.70 bits per heavy atom. The third-order valence-corrected chi connectivity index (χ3v) is 8.60. The average molecular weight is 550 g/mol. The Morgan fingerprint density at radius 3 is 2.24 bits per heavy atom. The molecule has 0 unspecified atom stereocenters. The standard InChI is InChI=1S/C27H36ClN3O5S/c1-4-16-30(37(34,35)25-8-6-5-7-9-25)20-26(32)31(19-22-10-12-24(36-3)13-11-22)23-14-17-29(18-15-23)27(33)21(2)28/h5-13,21,23H,4,14-20H2,1-3H3/t21-/m1/s1. The number of hydrogen-bond donors (Lipinski definition) is 0. The summed E-state index contributed by atoms with van der Waals surface area (Å²) in [6, 6.07) is 15.5. The molecule has 1 atom stereocenters. The van der Waals surface area contributed by atoms with Crippen molar-refractivity contribution < 1.29 is 22.7 Å². The summed E-state index contributed by atoms with van der Waals surface area (Å²) >= 11 is 5.99. The summed E-state index contributed by atoms with van der Waals surface area (Å²) in [5.74, 6) is 0.335. The number of amides is 2. The lowest BCUT2D eigenvalue weighted by Crippen LogP contribution is -2.52. The van der Waals surface area contributed by atoms with Crippen molar-refractivity contribution in [1.29, 1.82) is 0 Å². The van der Waals surface area contributed by atoms with Gasteiger partial charge in [-0.15, -0.1) is 11.6 Å². The second-order valence-electron chi connectivity index (χ2n) is 9.19. The maximum atomic E-state index is 13.8. The minimum absolute atomic E-state index is 0.115. The van der Waals surface area contributed by atoms with Gasteiger partial charge in [0.2, 0.25) is 21.8 Å². The highest BCUT2D eigenvalue weighted by Gasteiger charge is 2.33. The predicted octanol–water partition coefficient (Wildman–Crippen LogP) is 3.74. The van der Waals surface area contributed by atoms with Crippen molar-refractivity contribution in [3.05, 3.63) is 60.2 Å². The first-order chi connectivity index (χ1) is 17.7. The molecule has 37 heavy (non-hydrogen) atoms. The quantitative estimate of drug-likeness (QED) is 0.398. The molecular formula is C27H36ClN3O5S. The Balaban J connectivity index is 1.83. The number of carbonyl (C=O) groups excluding carboxylic acids is 2. The molecule has 0 spiro atoms. The van der Waals surface area contributed by atoms with Crippen LogP contribution in [-0.4, -0.2) is 79.0 Å². The lowest BCUT2D eigenvalue weighted by molar-refractivity contribution is -0.137. The molecule has 0 N–H and O–H groups in total. The molecule has 202 valence electrons. The number of hydrogen-bond acceptors (Lipinski definition) is 5. The molecule has 1 heterocycles. The fourth-order valence-electron chi connectivity index (χ4n) is 4.51. The fourth-order valence-corrected chi connectivity index (χ4v) is 6.16. The van der Waals surface area contributed by atoms with E-state index < -0.39 is 15.4 Å². The molecule has 0 saturated carbocycles. The second kappa shape index (κ2) is 13.3. The topological polar surface area (TPSA) is 87.2 Å². The van der Waals surface area contributed by atoms with Crippen LogP contribution in [0.3, 0.4) is 0 Å². The molecule has 2 aromatic rings. The first-order valence-electron chi connectivity index (χ1n) is 12.6. The van der Waals surface area contributed by atoms with E-state index in [1.807, 2.05) is 31.2 Å². The van der Waals surface area contributed by atoms with E-state index in [9.17, 15) is 18.0 Å². The summed E-state index contributed by atoms with van der Waals surface area (Å²) in [6.07, 6.45) is 1.77. The SMILES string of the molecule is CCCN(CC(=O)N(Cc1ccc(OC)cc1)C1CCN(C(=O)[C@@H](C)Cl)CC1)S(=O)(=O)c1ccccc1. The highest BCUT2D eigenvalue weighted by molar-refractivity contribution is 7.89. The Bertz CT molecular complexity index is 1130. The van der Waals surface area contributed by atoms with Crippen molar-refractivity contribution >= 4 is 33.4 Å². The normalized spacial score (nSPS) is 15.4. The first kappa shape index (κ1) is 28.9. The van der Waals surface area contributed by atoms with Crippen LogP contribution in [0.4, 0.5) is 0 Å². The third kappa shape index (κ3) is 7.46. The van der Waals surface area contributed by atoms with E-state index in [0.29, 0.717) is 44.6 Å². The highest BCUT2D eigenvalue weighted by atomic mass is 35.5. The van der Waals surface area contributed by atoms with Crippen LogP contribution < -0.4 is 4.74 Å². The average Bonchev–Trinajstić information content (AvgIpc) is 2.91. The number of carbonyl (C=O) groups is 2. The summed E-state index contributed by atoms with van der Waals surface area (Å²) in [5.41, 5.74) is 0.912. The summed E-state index contributed by atoms with van der Waals surface area (Å²) in [6.45, 7) is 4.85. The Labute approximate surface area is 225 Å². The zero-order chi connectivity index (χ0) is 27.0. The van der Waals surface area contributed by atoms with Gasteiger partial charge in [0.15, 0.2) is 0 Å². The highest BCUT2D eigenvalue weighted by Crippen LogP contribution is 2.23. The van der Waals surface area contributed by atoms with E-state index in [2.05, 4.69) is 0 Å². The number of nitrogens with zero attached hydrogens (tertiary/aromatic N) is 3. The van der Waals surface area contributed by atoms with Gasteiger partial charge in [-0.05, 0) is 56.0 Å². The molecule has 1 aliphatic rings. The molecular weight excluding hydrogens is 514 g/mol. The van der Waals surface area contributed by atoms with Crippen LogP contribution in [0.25, 0.3) is 0 Å². The molecule has 1 saturated heterocycles. The van der Waals surface area contributed by atoms with Crippen LogP contribution in [0.1, 0.15) is 38.7 Å². The van der Waals surface area contributed by atoms with E-state index in [4.69, 9.17) is 16.3 Å². The number of ether oxygens (including phenoxy) is 1. The number of halogens is 1. The molecule has 0 bridgehead atoms. The zero-order valence-electron chi connectivity index (χ0n) is 21.7. The molecule has 10 heteroatoms. The van der Waals surface area contributed by atoms with Crippen molar-refractivity contribution in [2.45, 2.75) is 56.0 Å². The van der Waals surface area contributed by atoms with Crippen molar-refractivity contribution in [1.82, 2.24) is 14.1 Å². The van der Waals surface area contributed by atoms with Crippen LogP contribution in [0.15, 0.2) is 59.5 Å². The second-order valence-corrected chi connectivity index (χ2v) is 11.8. The summed E-state index contributed by atoms with van der Waals surface area (Å²) in [7, 11) is -2.24. The van der Waals surface area contributed by atoms with E-state index in [0.717, 1.165) is 5.56 Å². The van der Waals surface area contributed by atoms with Crippen molar-refractivity contribution in [2.75, 3.05) is 33.3 Å². The maximum Gasteiger partial charge on any atom is 0.243 e. The Kier molecular flexibility index (Phi) is 10.4. The van der Waals surface area contributed by atoms with Crippen LogP contribution in [0, 0.1) is 0 Å². The number of sulfonamides is 1. The number of rotatable bonds is 11. The number of alkyl halides is 1. The van der Waals surface area contributed by atoms with Gasteiger partial charge >= 0.3 is 0 Å². The molecule has 1 aliphatic heterocycles. The Hall–Kier alpha value is -2.62. The van der Waals surface area contributed by atoms with Crippen LogP contribution in [-0.2, 0) is 26.2 Å². The molecule has 0 aliphatic carbocycles. The van der Waals surface area contributed by atoms with Crippen molar-refractivity contribution in [3.63, 3.8) is 0 Å². The smallest absolute Gasteiger partial charge is 0.243 e. The number of piperidine rings is 1. The number of benzene rings is 2. The molecule has 0 aromatic heterocycles. The Morgan fingerprint density at radius 1 is 1.08 bits per heavy atom. The minimum atomic E-state index is -3.83. The molecule has 2 aromatic carbocycles. The number of likely N-dealkylation sites (tertiary alicyclic amines) is 1. The van der Waals surface area contributed by atoms with Gasteiger partial charge in [-0.1, -0.05) is 37.3 Å². The lowest BCUT2D eigenvalue weighted by atomic mass is 10.0. The van der Waals surface area contributed by atoms with Gasteiger partial charge in [0.05, 0.1) is 18.6 Å². The van der Waals surface area contributed by atoms with E-state index in [1.165, 1.54) is 4.31 Å². The summed E-state index contributed by atoms with van der Waals surface area (Å²) in [5, 5.41) is -0.598. The lowest BCUT2D eigenvalue weighted by Gasteiger charge is -2.39. The molecule has 1 fully saturated rings. The zero-order valence-corrected chi connectivity index (χ0v) is 23.2. The van der Waals surface area contributed by atoms with Gasteiger partial charge in [-0.3, -0.25) is 9.59 Å². The predicted molar refractivity (Wildman–Crippen MR) is 144 cm³/mol. The van der Waals surface area contributed by atoms with Crippen LogP contribution in [0.5, 0.6) is 5.75 Å². The van der Waals surface area contributed by atoms with E-state index in [1.54, 1.807) is 54.2 Å². The molecule has 8 nitrogen and oxygen atoms in total. The minimum Gasteiger partial charge on any atom is -0.497 e. The van der Waals surface area contributed by atoms with Gasteiger partial charge in [0, 0.05) is 32.2 Å². The third-order valence-electron chi connectivity index (χ3n) is 6.56. The fraction of sp³-hybridized carbons (Fsp3) is 0.481. The monoisotopic (exact) mass is 549 g/mol. The molecule has 0 radical (unpaired) electrons. The van der Waals surface area contributed by atoms with Gasteiger partial charge in [0.25, 0.3) is 0 Å². The molecule has 2 amide bonds. The van der Waals surface area contributed by atoms with Gasteiger partial charge in [-0.25, -0.2) is 8.42 Å². The van der Waals surface area contributed by atoms with E-state index in [-0.39, 0.29) is 35.8 Å². The van der Waals surface area contributed by atoms with E-state index >= 15 is 0 Å². The van der Waals surface area contributed by atoms with Gasteiger partial charge in [-0.2, -0.15) is 4.31 Å². The summed E-state index contributed by atoms with van der Waals surface area (Å²) in [4.78, 5) is 29.8. The molecule has 3 rings (SSSR count). The van der Waals surface area contributed by atoms with Gasteiger partial charge in [0.1, 0.15) is 11.1 Å². The van der Waals surface area contributed by atoms with Crippen LogP contribution in [0.2, 0.25) is 0 Å².